The summed E-state index contributed by atoms with van der Waals surface area (Å²) in [7, 11) is 4.68. The molecule has 0 aliphatic rings. The third-order valence-electron chi connectivity index (χ3n) is 5.14. The molecule has 0 radical (unpaired) electrons. The Hall–Kier alpha value is -3.41. The standard InChI is InChI=1S/C24H28N2O4/c1-15-7-9-19(10-8-15)26-16(2)11-20(17(26)3)21(27)14-25-18-12-22(28-4)24(30-6)23(13-18)29-5/h7-13,25H,14H2,1-6H3. The Morgan fingerprint density at radius 2 is 1.50 bits per heavy atom. The first-order valence-electron chi connectivity index (χ1n) is 9.72. The lowest BCUT2D eigenvalue weighted by Gasteiger charge is -2.15. The Balaban J connectivity index is 1.82. The van der Waals surface area contributed by atoms with Crippen LogP contribution in [0.3, 0.4) is 0 Å². The van der Waals surface area contributed by atoms with Crippen LogP contribution in [0.5, 0.6) is 17.2 Å². The van der Waals surface area contributed by atoms with Crippen molar-refractivity contribution in [3.8, 4) is 22.9 Å². The van der Waals surface area contributed by atoms with E-state index in [0.29, 0.717) is 28.5 Å². The molecule has 0 unspecified atom stereocenters. The van der Waals surface area contributed by atoms with E-state index in [9.17, 15) is 4.79 Å². The number of methoxy groups -OCH3 is 3. The van der Waals surface area contributed by atoms with Gasteiger partial charge in [0.2, 0.25) is 5.75 Å². The molecule has 1 N–H and O–H groups in total. The average Bonchev–Trinajstić information content (AvgIpc) is 3.05. The van der Waals surface area contributed by atoms with Crippen LogP contribution in [0, 0.1) is 20.8 Å². The summed E-state index contributed by atoms with van der Waals surface area (Å²) in [5.41, 5.74) is 5.61. The van der Waals surface area contributed by atoms with E-state index in [0.717, 1.165) is 17.1 Å². The summed E-state index contributed by atoms with van der Waals surface area (Å²) in [5.74, 6) is 1.59. The number of aryl methyl sites for hydroxylation is 2. The fourth-order valence-corrected chi connectivity index (χ4v) is 3.60. The Kier molecular flexibility index (Phi) is 6.35. The molecule has 0 bridgehead atoms. The van der Waals surface area contributed by atoms with E-state index in [2.05, 4.69) is 41.1 Å². The van der Waals surface area contributed by atoms with E-state index >= 15 is 0 Å². The van der Waals surface area contributed by atoms with E-state index in [-0.39, 0.29) is 12.3 Å². The summed E-state index contributed by atoms with van der Waals surface area (Å²) < 4.78 is 18.2. The number of carbonyl (C=O) groups excluding carboxylic acids is 1. The second-order valence-corrected chi connectivity index (χ2v) is 7.15. The summed E-state index contributed by atoms with van der Waals surface area (Å²) in [4.78, 5) is 13.0. The van der Waals surface area contributed by atoms with Gasteiger partial charge in [-0.05, 0) is 39.0 Å². The molecule has 6 nitrogen and oxygen atoms in total. The molecule has 1 heterocycles. The maximum Gasteiger partial charge on any atom is 0.203 e. The maximum absolute atomic E-state index is 13.0. The molecule has 6 heteroatoms. The van der Waals surface area contributed by atoms with Gasteiger partial charge in [0.05, 0.1) is 27.9 Å². The molecule has 0 fully saturated rings. The number of benzene rings is 2. The van der Waals surface area contributed by atoms with Gasteiger partial charge in [-0.25, -0.2) is 0 Å². The molecule has 30 heavy (non-hydrogen) atoms. The fourth-order valence-electron chi connectivity index (χ4n) is 3.60. The van der Waals surface area contributed by atoms with Gasteiger partial charge in [-0.1, -0.05) is 17.7 Å². The molecule has 158 valence electrons. The van der Waals surface area contributed by atoms with Gasteiger partial charge in [-0.2, -0.15) is 0 Å². The van der Waals surface area contributed by atoms with Crippen molar-refractivity contribution in [3.63, 3.8) is 0 Å². The smallest absolute Gasteiger partial charge is 0.203 e. The van der Waals surface area contributed by atoms with Crippen LogP contribution in [0.15, 0.2) is 42.5 Å². The number of Topliss-reactive ketones (excluding diaryl/α,β-unsaturated/α-hetero) is 1. The monoisotopic (exact) mass is 408 g/mol. The third-order valence-corrected chi connectivity index (χ3v) is 5.14. The highest BCUT2D eigenvalue weighted by molar-refractivity contribution is 6.00. The van der Waals surface area contributed by atoms with Gasteiger partial charge < -0.3 is 24.1 Å². The summed E-state index contributed by atoms with van der Waals surface area (Å²) in [6, 6.07) is 13.8. The van der Waals surface area contributed by atoms with Crippen LogP contribution in [-0.4, -0.2) is 38.2 Å². The minimum atomic E-state index is 0.00946. The summed E-state index contributed by atoms with van der Waals surface area (Å²) in [5, 5.41) is 3.17. The van der Waals surface area contributed by atoms with Gasteiger partial charge in [0.25, 0.3) is 0 Å². The van der Waals surface area contributed by atoms with Crippen molar-refractivity contribution < 1.29 is 19.0 Å². The fraction of sp³-hybridized carbons (Fsp3) is 0.292. The zero-order valence-electron chi connectivity index (χ0n) is 18.3. The quantitative estimate of drug-likeness (QED) is 0.546. The van der Waals surface area contributed by atoms with Crippen LogP contribution in [-0.2, 0) is 0 Å². The second-order valence-electron chi connectivity index (χ2n) is 7.15. The Bertz CT molecular complexity index is 1030. The van der Waals surface area contributed by atoms with Crippen LogP contribution in [0.4, 0.5) is 5.69 Å². The van der Waals surface area contributed by atoms with Crippen molar-refractivity contribution in [2.45, 2.75) is 20.8 Å². The van der Waals surface area contributed by atoms with Gasteiger partial charge in [-0.3, -0.25) is 4.79 Å². The summed E-state index contributed by atoms with van der Waals surface area (Å²) >= 11 is 0. The third kappa shape index (κ3) is 4.13. The highest BCUT2D eigenvalue weighted by Crippen LogP contribution is 2.39. The number of nitrogens with zero attached hydrogens (tertiary/aromatic N) is 1. The number of rotatable bonds is 8. The van der Waals surface area contributed by atoms with Gasteiger partial charge >= 0.3 is 0 Å². The van der Waals surface area contributed by atoms with Gasteiger partial charge in [0, 0.05) is 40.5 Å². The number of carbonyl (C=O) groups is 1. The first kappa shape index (κ1) is 21.3. The van der Waals surface area contributed by atoms with Crippen LogP contribution < -0.4 is 19.5 Å². The molecule has 2 aromatic carbocycles. The minimum Gasteiger partial charge on any atom is -0.493 e. The molecule has 1 aromatic heterocycles. The average molecular weight is 408 g/mol. The van der Waals surface area contributed by atoms with E-state index in [1.807, 2.05) is 19.9 Å². The number of aromatic nitrogens is 1. The Morgan fingerprint density at radius 3 is 2.03 bits per heavy atom. The molecular weight excluding hydrogens is 380 g/mol. The number of ketones is 1. The lowest BCUT2D eigenvalue weighted by molar-refractivity contribution is 0.101. The number of ether oxygens (including phenoxy) is 3. The van der Waals surface area contributed by atoms with Crippen molar-refractivity contribution >= 4 is 11.5 Å². The van der Waals surface area contributed by atoms with Crippen molar-refractivity contribution in [2.75, 3.05) is 33.2 Å². The molecule has 0 aliphatic heterocycles. The van der Waals surface area contributed by atoms with Crippen molar-refractivity contribution in [3.05, 3.63) is 65.0 Å². The van der Waals surface area contributed by atoms with Gasteiger partial charge in [0.15, 0.2) is 17.3 Å². The second kappa shape index (κ2) is 8.95. The zero-order valence-corrected chi connectivity index (χ0v) is 18.3. The number of nitrogens with one attached hydrogen (secondary N) is 1. The topological polar surface area (TPSA) is 61.7 Å². The molecule has 0 aliphatic carbocycles. The lowest BCUT2D eigenvalue weighted by Crippen LogP contribution is -2.15. The van der Waals surface area contributed by atoms with Crippen molar-refractivity contribution in [1.29, 1.82) is 0 Å². The van der Waals surface area contributed by atoms with Crippen LogP contribution in [0.25, 0.3) is 5.69 Å². The predicted molar refractivity (Wildman–Crippen MR) is 119 cm³/mol. The number of anilines is 1. The van der Waals surface area contributed by atoms with Crippen LogP contribution >= 0.6 is 0 Å². The summed E-state index contributed by atoms with van der Waals surface area (Å²) in [6.07, 6.45) is 0. The number of hydrogen-bond donors (Lipinski definition) is 1. The molecule has 3 aromatic rings. The molecule has 0 atom stereocenters. The van der Waals surface area contributed by atoms with Crippen molar-refractivity contribution in [2.24, 2.45) is 0 Å². The molecule has 0 amide bonds. The minimum absolute atomic E-state index is 0.00946. The molecular formula is C24H28N2O4. The SMILES string of the molecule is COc1cc(NCC(=O)c2cc(C)n(-c3ccc(C)cc3)c2C)cc(OC)c1OC. The highest BCUT2D eigenvalue weighted by atomic mass is 16.5. The van der Waals surface area contributed by atoms with Crippen LogP contribution in [0.1, 0.15) is 27.3 Å². The van der Waals surface area contributed by atoms with E-state index in [1.54, 1.807) is 33.5 Å². The zero-order chi connectivity index (χ0) is 21.8. The van der Waals surface area contributed by atoms with E-state index in [4.69, 9.17) is 14.2 Å². The van der Waals surface area contributed by atoms with Crippen molar-refractivity contribution in [1.82, 2.24) is 4.57 Å². The predicted octanol–water partition coefficient (Wildman–Crippen LogP) is 4.72. The first-order valence-corrected chi connectivity index (χ1v) is 9.72. The largest absolute Gasteiger partial charge is 0.493 e. The molecule has 0 saturated heterocycles. The molecule has 0 spiro atoms. The highest BCUT2D eigenvalue weighted by Gasteiger charge is 2.18. The Labute approximate surface area is 177 Å². The van der Waals surface area contributed by atoms with Crippen LogP contribution in [0.2, 0.25) is 0 Å². The maximum atomic E-state index is 13.0. The normalized spacial score (nSPS) is 10.6. The summed E-state index contributed by atoms with van der Waals surface area (Å²) in [6.45, 7) is 6.19. The Morgan fingerprint density at radius 1 is 0.900 bits per heavy atom. The van der Waals surface area contributed by atoms with E-state index in [1.165, 1.54) is 5.56 Å². The van der Waals surface area contributed by atoms with Gasteiger partial charge in [-0.15, -0.1) is 0 Å². The molecule has 0 saturated carbocycles. The first-order chi connectivity index (χ1) is 14.4. The number of hydrogen-bond acceptors (Lipinski definition) is 5. The molecule has 3 rings (SSSR count). The van der Waals surface area contributed by atoms with Gasteiger partial charge in [0.1, 0.15) is 0 Å². The lowest BCUT2D eigenvalue weighted by atomic mass is 10.1. The van der Waals surface area contributed by atoms with E-state index < -0.39 is 0 Å².